The van der Waals surface area contributed by atoms with Gasteiger partial charge in [-0.15, -0.1) is 0 Å². The summed E-state index contributed by atoms with van der Waals surface area (Å²) in [5.74, 6) is -6.61. The van der Waals surface area contributed by atoms with Crippen LogP contribution in [0.2, 0.25) is 0 Å². The van der Waals surface area contributed by atoms with Crippen molar-refractivity contribution in [2.75, 3.05) is 6.61 Å². The number of esters is 6. The first-order chi connectivity index (χ1) is 29.0. The van der Waals surface area contributed by atoms with Gasteiger partial charge in [-0.05, 0) is 69.3 Å². The van der Waals surface area contributed by atoms with E-state index in [-0.39, 0.29) is 22.3 Å². The zero-order valence-electron chi connectivity index (χ0n) is 34.2. The molecule has 7 rings (SSSR count). The van der Waals surface area contributed by atoms with E-state index in [4.69, 9.17) is 33.2 Å². The topological polar surface area (TPSA) is 187 Å². The van der Waals surface area contributed by atoms with E-state index in [0.717, 1.165) is 13.8 Å². The van der Waals surface area contributed by atoms with Crippen molar-refractivity contribution in [3.63, 3.8) is 0 Å². The smallest absolute Gasteiger partial charge is 0.338 e. The SMILES string of the molecule is CC(=O)OCC12C(OC(=O)c3ccccc3)C(OC(=O)c3ccccc3)CC(C)(O)C13OC(C)(C)C(C(OC(=O)c1ccccc1)C2OC(=O)c1ccccc1)C3OC(C)=O. The van der Waals surface area contributed by atoms with Gasteiger partial charge < -0.3 is 38.3 Å². The maximum Gasteiger partial charge on any atom is 0.338 e. The molecule has 0 amide bonds. The van der Waals surface area contributed by atoms with Gasteiger partial charge in [-0.1, -0.05) is 72.8 Å². The van der Waals surface area contributed by atoms with E-state index >= 15 is 0 Å². The molecule has 318 valence electrons. The average Bonchev–Trinajstić information content (AvgIpc) is 3.44. The van der Waals surface area contributed by atoms with Crippen molar-refractivity contribution < 1.29 is 67.0 Å². The monoisotopic (exact) mass is 834 g/mol. The van der Waals surface area contributed by atoms with Gasteiger partial charge in [0, 0.05) is 20.3 Å². The molecule has 0 aromatic heterocycles. The van der Waals surface area contributed by atoms with Crippen LogP contribution in [0.15, 0.2) is 121 Å². The Morgan fingerprint density at radius 1 is 0.557 bits per heavy atom. The van der Waals surface area contributed by atoms with Crippen LogP contribution >= 0.6 is 0 Å². The van der Waals surface area contributed by atoms with Crippen molar-refractivity contribution in [3.8, 4) is 0 Å². The Hall–Kier alpha value is -6.38. The summed E-state index contributed by atoms with van der Waals surface area (Å²) in [4.78, 5) is 83.7. The van der Waals surface area contributed by atoms with Crippen LogP contribution in [-0.4, -0.2) is 94.9 Å². The quantitative estimate of drug-likeness (QED) is 0.143. The summed E-state index contributed by atoms with van der Waals surface area (Å²) < 4.78 is 44.8. The Morgan fingerprint density at radius 3 is 1.39 bits per heavy atom. The number of benzene rings is 4. The van der Waals surface area contributed by atoms with Crippen molar-refractivity contribution >= 4 is 35.8 Å². The van der Waals surface area contributed by atoms with Gasteiger partial charge in [-0.25, -0.2) is 19.2 Å². The highest BCUT2D eigenvalue weighted by Gasteiger charge is 2.89. The Bertz CT molecular complexity index is 2280. The minimum atomic E-state index is -2.43. The molecule has 1 aliphatic heterocycles. The molecule has 2 saturated carbocycles. The number of aliphatic hydroxyl groups is 1. The lowest BCUT2D eigenvalue weighted by Crippen LogP contribution is -2.85. The molecular weight excluding hydrogens is 789 g/mol. The van der Waals surface area contributed by atoms with E-state index in [1.807, 2.05) is 0 Å². The summed E-state index contributed by atoms with van der Waals surface area (Å²) >= 11 is 0. The van der Waals surface area contributed by atoms with E-state index in [0.29, 0.717) is 0 Å². The van der Waals surface area contributed by atoms with E-state index in [2.05, 4.69) is 0 Å². The fraction of sp³-hybridized carbons (Fsp3) is 0.362. The lowest BCUT2D eigenvalue weighted by atomic mass is 9.45. The maximum absolute atomic E-state index is 14.5. The molecule has 0 radical (unpaired) electrons. The lowest BCUT2D eigenvalue weighted by molar-refractivity contribution is -0.360. The van der Waals surface area contributed by atoms with Crippen molar-refractivity contribution in [3.05, 3.63) is 144 Å². The molecule has 9 unspecified atom stereocenters. The second-order valence-corrected chi connectivity index (χ2v) is 16.2. The predicted molar refractivity (Wildman–Crippen MR) is 214 cm³/mol. The molecule has 61 heavy (non-hydrogen) atoms. The molecule has 2 aliphatic carbocycles. The third-order valence-corrected chi connectivity index (χ3v) is 11.9. The molecule has 14 heteroatoms. The fourth-order valence-corrected chi connectivity index (χ4v) is 9.53. The summed E-state index contributed by atoms with van der Waals surface area (Å²) in [5.41, 5.74) is -8.27. The summed E-state index contributed by atoms with van der Waals surface area (Å²) in [7, 11) is 0. The van der Waals surface area contributed by atoms with Gasteiger partial charge >= 0.3 is 35.8 Å². The number of rotatable bonds is 11. The van der Waals surface area contributed by atoms with E-state index in [1.54, 1.807) is 86.6 Å². The van der Waals surface area contributed by atoms with Crippen LogP contribution in [-0.2, 0) is 42.7 Å². The zero-order valence-corrected chi connectivity index (χ0v) is 34.2. The molecule has 1 heterocycles. The molecule has 9 atom stereocenters. The van der Waals surface area contributed by atoms with Gasteiger partial charge in [0.2, 0.25) is 0 Å². The maximum atomic E-state index is 14.5. The number of ether oxygens (including phenoxy) is 7. The minimum absolute atomic E-state index is 0.0485. The normalized spacial score (nSPS) is 29.5. The van der Waals surface area contributed by atoms with Crippen LogP contribution in [0.1, 0.15) is 82.5 Å². The van der Waals surface area contributed by atoms with Crippen molar-refractivity contribution in [1.82, 2.24) is 0 Å². The minimum Gasteiger partial charge on any atom is -0.465 e. The summed E-state index contributed by atoms with van der Waals surface area (Å²) in [5, 5.41) is 13.2. The summed E-state index contributed by atoms with van der Waals surface area (Å²) in [6.07, 6.45) is -9.13. The van der Waals surface area contributed by atoms with Gasteiger partial charge in [-0.2, -0.15) is 0 Å². The Balaban J connectivity index is 1.55. The van der Waals surface area contributed by atoms with Gasteiger partial charge in [0.15, 0.2) is 17.8 Å². The molecule has 14 nitrogen and oxygen atoms in total. The summed E-state index contributed by atoms with van der Waals surface area (Å²) in [6, 6.07) is 31.5. The second-order valence-electron chi connectivity index (χ2n) is 16.2. The van der Waals surface area contributed by atoms with Gasteiger partial charge in [0.1, 0.15) is 30.3 Å². The van der Waals surface area contributed by atoms with Crippen LogP contribution in [0.3, 0.4) is 0 Å². The number of hydrogen-bond acceptors (Lipinski definition) is 14. The number of fused-ring (bicyclic) bond motifs is 1. The van der Waals surface area contributed by atoms with Crippen LogP contribution in [0.5, 0.6) is 0 Å². The molecular formula is C47H46O14. The molecule has 1 N–H and O–H groups in total. The molecule has 2 bridgehead atoms. The van der Waals surface area contributed by atoms with Crippen LogP contribution in [0, 0.1) is 11.3 Å². The van der Waals surface area contributed by atoms with Crippen LogP contribution < -0.4 is 0 Å². The van der Waals surface area contributed by atoms with Crippen LogP contribution in [0.25, 0.3) is 0 Å². The molecule has 3 fully saturated rings. The zero-order chi connectivity index (χ0) is 43.7. The van der Waals surface area contributed by atoms with Crippen LogP contribution in [0.4, 0.5) is 0 Å². The van der Waals surface area contributed by atoms with Crippen molar-refractivity contribution in [2.45, 2.75) is 88.4 Å². The standard InChI is InChI=1S/C47H46O14/c1-28(48)55-27-46-37(59-42(52)32-22-14-8-15-23-32)34(57-40(50)30-18-10-6-11-19-30)26-45(5,54)47(46)38(56-29(2)49)35(44(3,4)61-47)36(58-41(51)31-20-12-7-13-21-31)39(46)60-43(53)33-24-16-9-17-25-33/h6-25,34-39,54H,26-27H2,1-5H3. The summed E-state index contributed by atoms with van der Waals surface area (Å²) in [6.45, 7) is 5.94. The third kappa shape index (κ3) is 7.65. The highest BCUT2D eigenvalue weighted by molar-refractivity contribution is 5.92. The van der Waals surface area contributed by atoms with E-state index < -0.39 is 107 Å². The van der Waals surface area contributed by atoms with Gasteiger partial charge in [0.05, 0.1) is 39.4 Å². The predicted octanol–water partition coefficient (Wildman–Crippen LogP) is 5.70. The molecule has 3 aliphatic rings. The molecule has 4 aromatic carbocycles. The molecule has 1 spiro atoms. The average molecular weight is 835 g/mol. The Morgan fingerprint density at radius 2 is 0.967 bits per heavy atom. The first-order valence-electron chi connectivity index (χ1n) is 19.8. The number of carbonyl (C=O) groups excluding carboxylic acids is 6. The van der Waals surface area contributed by atoms with Crippen molar-refractivity contribution in [2.24, 2.45) is 11.3 Å². The Labute approximate surface area is 352 Å². The largest absolute Gasteiger partial charge is 0.465 e. The number of carbonyl (C=O) groups is 6. The van der Waals surface area contributed by atoms with Crippen molar-refractivity contribution in [1.29, 1.82) is 0 Å². The highest BCUT2D eigenvalue weighted by Crippen LogP contribution is 2.69. The fourth-order valence-electron chi connectivity index (χ4n) is 9.53. The second kappa shape index (κ2) is 16.6. The first-order valence-corrected chi connectivity index (χ1v) is 19.8. The highest BCUT2D eigenvalue weighted by atomic mass is 16.7. The van der Waals surface area contributed by atoms with Gasteiger partial charge in [-0.3, -0.25) is 9.59 Å². The van der Waals surface area contributed by atoms with E-state index in [9.17, 15) is 33.9 Å². The van der Waals surface area contributed by atoms with Gasteiger partial charge in [0.25, 0.3) is 0 Å². The van der Waals surface area contributed by atoms with E-state index in [1.165, 1.54) is 55.5 Å². The molecule has 1 saturated heterocycles. The Kier molecular flexibility index (Phi) is 11.6. The first kappa shape index (κ1) is 42.7. The third-order valence-electron chi connectivity index (χ3n) is 11.9. The lowest BCUT2D eigenvalue weighted by Gasteiger charge is -2.66. The number of hydrogen-bond donors (Lipinski definition) is 1. The molecule has 4 aromatic rings.